The van der Waals surface area contributed by atoms with Crippen molar-refractivity contribution in [3.63, 3.8) is 0 Å². The lowest BCUT2D eigenvalue weighted by atomic mass is 9.92. The summed E-state index contributed by atoms with van der Waals surface area (Å²) in [4.78, 5) is 25.4. The number of aromatic nitrogens is 2. The minimum absolute atomic E-state index is 0.134. The van der Waals surface area contributed by atoms with Gasteiger partial charge in [0, 0.05) is 10.9 Å². The van der Waals surface area contributed by atoms with Gasteiger partial charge in [-0.1, -0.05) is 0 Å². The molecule has 0 unspecified atom stereocenters. The number of aryl methyl sites for hydroxylation is 1. The number of esters is 1. The van der Waals surface area contributed by atoms with Crippen molar-refractivity contribution >= 4 is 39.1 Å². The summed E-state index contributed by atoms with van der Waals surface area (Å²) in [6.45, 7) is 2.25. The lowest BCUT2D eigenvalue weighted by molar-refractivity contribution is -0.143. The molecule has 0 N–H and O–H groups in total. The molecule has 8 heteroatoms. The maximum atomic E-state index is 12.1. The van der Waals surface area contributed by atoms with Gasteiger partial charge in [-0.2, -0.15) is 4.98 Å². The van der Waals surface area contributed by atoms with Gasteiger partial charge >= 0.3 is 5.97 Å². The summed E-state index contributed by atoms with van der Waals surface area (Å²) in [7, 11) is 4.27. The van der Waals surface area contributed by atoms with Crippen LogP contribution in [-0.2, 0) is 16.0 Å². The number of halogens is 1. The summed E-state index contributed by atoms with van der Waals surface area (Å²) in [6, 6.07) is 0.614. The Morgan fingerprint density at radius 2 is 1.97 bits per heavy atom. The van der Waals surface area contributed by atoms with Gasteiger partial charge in [-0.25, -0.2) is 4.98 Å². The van der Waals surface area contributed by atoms with E-state index in [2.05, 4.69) is 29.0 Å². The molecule has 0 spiro atoms. The van der Waals surface area contributed by atoms with E-state index in [0.717, 1.165) is 48.7 Å². The number of hydrogen-bond donors (Lipinski definition) is 0. The number of carbonyl (C=O) groups excluding carboxylic acids is 1. The Bertz CT molecular complexity index is 893. The third-order valence-corrected chi connectivity index (χ3v) is 7.43. The quantitative estimate of drug-likeness (QED) is 0.486. The van der Waals surface area contributed by atoms with Crippen LogP contribution in [0.2, 0.25) is 5.28 Å². The van der Waals surface area contributed by atoms with Crippen LogP contribution < -0.4 is 4.74 Å². The molecule has 158 valence electrons. The predicted octanol–water partition coefficient (Wildman–Crippen LogP) is 4.58. The Labute approximate surface area is 180 Å². The van der Waals surface area contributed by atoms with Crippen LogP contribution in [0.1, 0.15) is 61.8 Å². The maximum absolute atomic E-state index is 12.1. The van der Waals surface area contributed by atoms with Crippen molar-refractivity contribution in [3.8, 4) is 5.88 Å². The lowest BCUT2D eigenvalue weighted by Crippen LogP contribution is -2.35. The molecule has 1 fully saturated rings. The topological polar surface area (TPSA) is 64.5 Å². The van der Waals surface area contributed by atoms with Gasteiger partial charge in [0.05, 0.1) is 18.4 Å². The monoisotopic (exact) mass is 437 g/mol. The Morgan fingerprint density at radius 1 is 1.21 bits per heavy atom. The number of nitrogens with zero attached hydrogens (tertiary/aromatic N) is 3. The summed E-state index contributed by atoms with van der Waals surface area (Å²) < 4.78 is 11.6. The molecular formula is C21H28ClN3O3S. The second kappa shape index (κ2) is 8.74. The molecule has 2 aromatic rings. The van der Waals surface area contributed by atoms with Gasteiger partial charge in [0.15, 0.2) is 0 Å². The van der Waals surface area contributed by atoms with E-state index < -0.39 is 0 Å². The minimum Gasteiger partial charge on any atom is -0.474 e. The molecule has 0 aliphatic heterocycles. The minimum atomic E-state index is -0.149. The number of carbonyl (C=O) groups is 1. The van der Waals surface area contributed by atoms with Crippen molar-refractivity contribution in [2.45, 2.75) is 69.9 Å². The number of thiophene rings is 1. The first-order valence-electron chi connectivity index (χ1n) is 10.4. The second-order valence-electron chi connectivity index (χ2n) is 8.17. The smallest absolute Gasteiger partial charge is 0.306 e. The van der Waals surface area contributed by atoms with Gasteiger partial charge in [-0.15, -0.1) is 11.3 Å². The molecule has 1 saturated carbocycles. The highest BCUT2D eigenvalue weighted by Gasteiger charge is 2.33. The molecule has 2 aliphatic rings. The average Bonchev–Trinajstić information content (AvgIpc) is 3.21. The highest BCUT2D eigenvalue weighted by atomic mass is 35.5. The van der Waals surface area contributed by atoms with Gasteiger partial charge in [-0.05, 0) is 82.6 Å². The molecule has 4 rings (SSSR count). The highest BCUT2D eigenvalue weighted by Crippen LogP contribution is 2.48. The Hall–Kier alpha value is -1.44. The predicted molar refractivity (Wildman–Crippen MR) is 115 cm³/mol. The number of rotatable bonds is 6. The van der Waals surface area contributed by atoms with Crippen molar-refractivity contribution in [1.29, 1.82) is 0 Å². The van der Waals surface area contributed by atoms with Crippen molar-refractivity contribution in [1.82, 2.24) is 14.9 Å². The number of ether oxygens (including phenoxy) is 2. The van der Waals surface area contributed by atoms with Crippen LogP contribution in [0, 0.1) is 0 Å². The van der Waals surface area contributed by atoms with E-state index in [1.807, 2.05) is 6.92 Å². The van der Waals surface area contributed by atoms with Gasteiger partial charge in [0.25, 0.3) is 0 Å². The fraction of sp³-hybridized carbons (Fsp3) is 0.667. The highest BCUT2D eigenvalue weighted by molar-refractivity contribution is 7.19. The van der Waals surface area contributed by atoms with Crippen LogP contribution in [-0.4, -0.2) is 53.7 Å². The standard InChI is InChI=1S/C21H28ClN3O3S/c1-4-27-16(26)11-12-5-10-15-17(12)18-19(23-21(22)24-20(18)29-15)28-14-8-6-13(7-9-14)25(2)3/h12-14H,4-11H2,1-3H3/t12-,13?,14?/m1/s1. The normalized spacial score (nSPS) is 24.1. The van der Waals surface area contributed by atoms with E-state index in [4.69, 9.17) is 21.1 Å². The molecule has 1 atom stereocenters. The summed E-state index contributed by atoms with van der Waals surface area (Å²) in [5.41, 5.74) is 1.17. The van der Waals surface area contributed by atoms with Gasteiger partial charge in [0.1, 0.15) is 10.9 Å². The van der Waals surface area contributed by atoms with Crippen molar-refractivity contribution in [2.24, 2.45) is 0 Å². The van der Waals surface area contributed by atoms with E-state index in [9.17, 15) is 4.79 Å². The SMILES string of the molecule is CCOC(=O)C[C@H]1CCc2sc3nc(Cl)nc(OC4CCC(N(C)C)CC4)c3c21. The van der Waals surface area contributed by atoms with Crippen LogP contribution in [0.3, 0.4) is 0 Å². The molecule has 2 heterocycles. The first kappa shape index (κ1) is 20.8. The van der Waals surface area contributed by atoms with Crippen LogP contribution >= 0.6 is 22.9 Å². The van der Waals surface area contributed by atoms with Crippen molar-refractivity contribution in [2.75, 3.05) is 20.7 Å². The lowest BCUT2D eigenvalue weighted by Gasteiger charge is -2.32. The molecular weight excluding hydrogens is 410 g/mol. The fourth-order valence-electron chi connectivity index (χ4n) is 4.63. The average molecular weight is 438 g/mol. The fourth-order valence-corrected chi connectivity index (χ4v) is 6.10. The zero-order valence-corrected chi connectivity index (χ0v) is 18.8. The molecule has 0 bridgehead atoms. The van der Waals surface area contributed by atoms with Crippen LogP contribution in [0.15, 0.2) is 0 Å². The number of hydrogen-bond acceptors (Lipinski definition) is 7. The van der Waals surface area contributed by atoms with E-state index in [1.165, 1.54) is 10.4 Å². The van der Waals surface area contributed by atoms with Gasteiger partial charge < -0.3 is 14.4 Å². The van der Waals surface area contributed by atoms with Crippen molar-refractivity contribution < 1.29 is 14.3 Å². The summed E-state index contributed by atoms with van der Waals surface area (Å²) in [6.07, 6.45) is 6.68. The molecule has 0 saturated heterocycles. The Morgan fingerprint density at radius 3 is 2.66 bits per heavy atom. The van der Waals surface area contributed by atoms with Gasteiger partial charge in [0.2, 0.25) is 11.2 Å². The largest absolute Gasteiger partial charge is 0.474 e. The molecule has 0 amide bonds. The Balaban J connectivity index is 1.60. The third-order valence-electron chi connectivity index (χ3n) is 6.10. The van der Waals surface area contributed by atoms with E-state index in [1.54, 1.807) is 11.3 Å². The molecule has 0 aromatic carbocycles. The first-order valence-corrected chi connectivity index (χ1v) is 11.6. The number of fused-ring (bicyclic) bond motifs is 3. The second-order valence-corrected chi connectivity index (χ2v) is 9.60. The van der Waals surface area contributed by atoms with E-state index in [-0.39, 0.29) is 23.3 Å². The summed E-state index contributed by atoms with van der Waals surface area (Å²) in [5, 5.41) is 1.17. The Kier molecular flexibility index (Phi) is 6.27. The van der Waals surface area contributed by atoms with E-state index in [0.29, 0.717) is 24.9 Å². The molecule has 6 nitrogen and oxygen atoms in total. The molecule has 2 aliphatic carbocycles. The van der Waals surface area contributed by atoms with Crippen LogP contribution in [0.25, 0.3) is 10.2 Å². The zero-order valence-electron chi connectivity index (χ0n) is 17.2. The van der Waals surface area contributed by atoms with E-state index >= 15 is 0 Å². The molecule has 29 heavy (non-hydrogen) atoms. The van der Waals surface area contributed by atoms with Crippen LogP contribution in [0.5, 0.6) is 5.88 Å². The molecule has 2 aromatic heterocycles. The molecule has 0 radical (unpaired) electrons. The maximum Gasteiger partial charge on any atom is 0.306 e. The zero-order chi connectivity index (χ0) is 20.5. The summed E-state index contributed by atoms with van der Waals surface area (Å²) in [5.74, 6) is 0.569. The van der Waals surface area contributed by atoms with Crippen molar-refractivity contribution in [3.05, 3.63) is 15.7 Å². The van der Waals surface area contributed by atoms with Crippen LogP contribution in [0.4, 0.5) is 0 Å². The van der Waals surface area contributed by atoms with Gasteiger partial charge in [-0.3, -0.25) is 4.79 Å². The third kappa shape index (κ3) is 4.37. The summed E-state index contributed by atoms with van der Waals surface area (Å²) >= 11 is 7.87. The first-order chi connectivity index (χ1) is 14.0.